The summed E-state index contributed by atoms with van der Waals surface area (Å²) in [6.45, 7) is 9.19. The number of carbonyl (C=O) groups is 4. The van der Waals surface area contributed by atoms with Crippen LogP contribution in [-0.2, 0) is 23.7 Å². The molecule has 0 spiro atoms. The van der Waals surface area contributed by atoms with Crippen molar-refractivity contribution in [2.45, 2.75) is 46.2 Å². The molecule has 6 unspecified atom stereocenters. The standard InChI is InChI=1S/C45H37O6P.C6H9NO2/c1-28-12-20-34(21-13-28)49-36-24-16-32(17-25-36)45(52(48)41-11-7-5-9-39(41)38-8-4-6-10-40(38)51-52)33-18-26-37(27-19-33)50-35-22-14-31(15-23-35)42-43(46)29(2)30(3)44(42)47;1-3-4(2)6(9)7-5(3)8/h4-27,29-30,42,45H,1-3H3;3-4H,1-2H3,(H,7,8,9). The van der Waals surface area contributed by atoms with Gasteiger partial charge < -0.3 is 14.0 Å². The summed E-state index contributed by atoms with van der Waals surface area (Å²) in [5, 5.41) is 2.91. The first kappa shape index (κ1) is 41.2. The van der Waals surface area contributed by atoms with Crippen LogP contribution in [0.3, 0.4) is 0 Å². The quantitative estimate of drug-likeness (QED) is 0.0913. The normalized spacial score (nSPS) is 23.1. The third-order valence-electron chi connectivity index (χ3n) is 12.1. The highest BCUT2D eigenvalue weighted by molar-refractivity contribution is 7.68. The van der Waals surface area contributed by atoms with Gasteiger partial charge in [-0.3, -0.25) is 29.1 Å². The Morgan fingerprint density at radius 2 is 0.951 bits per heavy atom. The molecular formula is C51H46NO8P. The van der Waals surface area contributed by atoms with Crippen molar-refractivity contribution in [3.05, 3.63) is 168 Å². The summed E-state index contributed by atoms with van der Waals surface area (Å²) in [5.74, 6) is 1.23. The number of ketones is 2. The van der Waals surface area contributed by atoms with E-state index in [1.807, 2.05) is 142 Å². The van der Waals surface area contributed by atoms with Crippen molar-refractivity contribution >= 4 is 36.1 Å². The lowest BCUT2D eigenvalue weighted by Crippen LogP contribution is -2.22. The summed E-state index contributed by atoms with van der Waals surface area (Å²) in [5.41, 5.74) is 4.61. The lowest BCUT2D eigenvalue weighted by molar-refractivity contribution is -0.127. The number of carbonyl (C=O) groups excluding carboxylic acids is 4. The van der Waals surface area contributed by atoms with Crippen LogP contribution in [0.25, 0.3) is 11.1 Å². The zero-order valence-corrected chi connectivity index (χ0v) is 35.4. The minimum absolute atomic E-state index is 0.0308. The number of rotatable bonds is 8. The van der Waals surface area contributed by atoms with E-state index in [0.29, 0.717) is 33.9 Å². The number of fused-ring (bicyclic) bond motifs is 3. The number of aryl methyl sites for hydroxylation is 1. The molecule has 0 bridgehead atoms. The van der Waals surface area contributed by atoms with E-state index in [9.17, 15) is 19.2 Å². The topological polar surface area (TPSA) is 125 Å². The number of ether oxygens (including phenoxy) is 2. The number of imide groups is 1. The molecule has 0 radical (unpaired) electrons. The largest absolute Gasteiger partial charge is 0.457 e. The van der Waals surface area contributed by atoms with Crippen LogP contribution in [0.4, 0.5) is 0 Å². The zero-order chi connectivity index (χ0) is 43.0. The van der Waals surface area contributed by atoms with Crippen LogP contribution in [0.5, 0.6) is 28.7 Å². The Labute approximate surface area is 355 Å². The number of benzene rings is 6. The van der Waals surface area contributed by atoms with E-state index in [4.69, 9.17) is 14.0 Å². The fraction of sp³-hybridized carbons (Fsp3) is 0.216. The zero-order valence-electron chi connectivity index (χ0n) is 34.5. The molecule has 2 heterocycles. The Bertz CT molecular complexity index is 2640. The number of amides is 2. The van der Waals surface area contributed by atoms with Gasteiger partial charge in [0.2, 0.25) is 11.8 Å². The second-order valence-electron chi connectivity index (χ2n) is 16.1. The van der Waals surface area contributed by atoms with E-state index in [0.717, 1.165) is 33.6 Å². The second kappa shape index (κ2) is 16.8. The summed E-state index contributed by atoms with van der Waals surface area (Å²) >= 11 is 0. The van der Waals surface area contributed by atoms with Gasteiger partial charge in [0.25, 0.3) is 7.37 Å². The van der Waals surface area contributed by atoms with Crippen molar-refractivity contribution in [2.24, 2.45) is 23.7 Å². The first-order valence-corrected chi connectivity index (χ1v) is 22.1. The number of hydrogen-bond donors (Lipinski definition) is 1. The summed E-state index contributed by atoms with van der Waals surface area (Å²) in [6.07, 6.45) is 0. The van der Waals surface area contributed by atoms with Gasteiger partial charge in [-0.2, -0.15) is 0 Å². The Morgan fingerprint density at radius 1 is 0.525 bits per heavy atom. The van der Waals surface area contributed by atoms with Gasteiger partial charge in [0.15, 0.2) is 11.6 Å². The fourth-order valence-corrected chi connectivity index (χ4v) is 10.9. The molecule has 6 aromatic carbocycles. The van der Waals surface area contributed by atoms with Crippen LogP contribution in [0.2, 0.25) is 0 Å². The van der Waals surface area contributed by atoms with Crippen LogP contribution >= 0.6 is 7.37 Å². The lowest BCUT2D eigenvalue weighted by Gasteiger charge is -2.34. The van der Waals surface area contributed by atoms with E-state index < -0.39 is 18.9 Å². The summed E-state index contributed by atoms with van der Waals surface area (Å²) in [6, 6.07) is 45.8. The molecule has 2 amide bonds. The highest BCUT2D eigenvalue weighted by atomic mass is 31.2. The van der Waals surface area contributed by atoms with Crippen LogP contribution in [-0.4, -0.2) is 23.4 Å². The molecule has 3 aliphatic rings. The van der Waals surface area contributed by atoms with Gasteiger partial charge in [0.05, 0.1) is 5.30 Å². The monoisotopic (exact) mass is 831 g/mol. The molecular weight excluding hydrogens is 786 g/mol. The maximum atomic E-state index is 15.6. The Kier molecular flexibility index (Phi) is 11.4. The van der Waals surface area contributed by atoms with E-state index in [2.05, 4.69) is 5.32 Å². The molecule has 0 aromatic heterocycles. The average molecular weight is 832 g/mol. The average Bonchev–Trinajstić information content (AvgIpc) is 3.61. The molecule has 9 nitrogen and oxygen atoms in total. The maximum absolute atomic E-state index is 15.6. The Hall–Kier alpha value is -6.57. The lowest BCUT2D eigenvalue weighted by atomic mass is 9.94. The van der Waals surface area contributed by atoms with Crippen molar-refractivity contribution in [2.75, 3.05) is 0 Å². The summed E-state index contributed by atoms with van der Waals surface area (Å²) < 4.78 is 34.5. The first-order valence-electron chi connectivity index (χ1n) is 20.4. The van der Waals surface area contributed by atoms with Crippen molar-refractivity contribution in [3.8, 4) is 39.9 Å². The second-order valence-corrected chi connectivity index (χ2v) is 18.4. The molecule has 9 rings (SSSR count). The fourth-order valence-electron chi connectivity index (χ4n) is 8.05. The Morgan fingerprint density at radius 3 is 1.43 bits per heavy atom. The van der Waals surface area contributed by atoms with Crippen molar-refractivity contribution in [1.82, 2.24) is 5.32 Å². The molecule has 10 heteroatoms. The molecule has 2 aliphatic heterocycles. The van der Waals surface area contributed by atoms with Gasteiger partial charge in [0.1, 0.15) is 40.3 Å². The van der Waals surface area contributed by atoms with Gasteiger partial charge in [0, 0.05) is 29.2 Å². The molecule has 1 N–H and O–H groups in total. The third kappa shape index (κ3) is 8.06. The molecule has 61 heavy (non-hydrogen) atoms. The van der Waals surface area contributed by atoms with E-state index >= 15 is 4.57 Å². The Balaban J connectivity index is 0.000000508. The highest BCUT2D eigenvalue weighted by Crippen LogP contribution is 2.65. The molecule has 2 fully saturated rings. The SMILES string of the molecule is CC1C(=O)NC(=O)C1C.Cc1ccc(Oc2ccc(C(c3ccc(Oc4ccc(C5C(=O)C(C)C(C)C5=O)cc4)cc3)P3(=O)Oc4ccccc4-c4ccccc43)cc2)cc1. The van der Waals surface area contributed by atoms with Crippen molar-refractivity contribution in [1.29, 1.82) is 0 Å². The van der Waals surface area contributed by atoms with Crippen LogP contribution in [0.15, 0.2) is 146 Å². The molecule has 1 saturated heterocycles. The molecule has 1 aliphatic carbocycles. The number of Topliss-reactive ketones (excluding diaryl/α,β-unsaturated/α-hetero) is 2. The van der Waals surface area contributed by atoms with Gasteiger partial charge in [-0.15, -0.1) is 0 Å². The van der Waals surface area contributed by atoms with Gasteiger partial charge in [-0.1, -0.05) is 118 Å². The summed E-state index contributed by atoms with van der Waals surface area (Å²) in [7, 11) is -3.63. The van der Waals surface area contributed by atoms with Crippen molar-refractivity contribution < 1.29 is 37.7 Å². The smallest absolute Gasteiger partial charge is 0.289 e. The third-order valence-corrected chi connectivity index (χ3v) is 14.9. The number of nitrogens with one attached hydrogen (secondary N) is 1. The predicted octanol–water partition coefficient (Wildman–Crippen LogP) is 10.8. The first-order chi connectivity index (χ1) is 29.3. The molecule has 6 atom stereocenters. The van der Waals surface area contributed by atoms with E-state index in [1.54, 1.807) is 38.1 Å². The number of para-hydroxylation sites is 1. The summed E-state index contributed by atoms with van der Waals surface area (Å²) in [4.78, 5) is 46.9. The van der Waals surface area contributed by atoms with Crippen LogP contribution < -0.4 is 24.6 Å². The van der Waals surface area contributed by atoms with Crippen molar-refractivity contribution in [3.63, 3.8) is 0 Å². The van der Waals surface area contributed by atoms with Gasteiger partial charge in [-0.25, -0.2) is 0 Å². The van der Waals surface area contributed by atoms with Crippen LogP contribution in [0.1, 0.15) is 61.5 Å². The minimum Gasteiger partial charge on any atom is -0.457 e. The molecule has 6 aromatic rings. The van der Waals surface area contributed by atoms with Gasteiger partial charge >= 0.3 is 0 Å². The minimum atomic E-state index is -3.63. The van der Waals surface area contributed by atoms with Gasteiger partial charge in [-0.05, 0) is 89.8 Å². The van der Waals surface area contributed by atoms with Crippen LogP contribution in [0, 0.1) is 30.6 Å². The van der Waals surface area contributed by atoms with E-state index in [-0.39, 0.29) is 47.1 Å². The number of hydrogen-bond acceptors (Lipinski definition) is 8. The maximum Gasteiger partial charge on any atom is 0.289 e. The predicted molar refractivity (Wildman–Crippen MR) is 235 cm³/mol. The van der Waals surface area contributed by atoms with E-state index in [1.165, 1.54) is 0 Å². The molecule has 308 valence electrons. The molecule has 1 saturated carbocycles. The highest BCUT2D eigenvalue weighted by Gasteiger charge is 2.46.